The smallest absolute Gasteiger partial charge is 0.246 e. The van der Waals surface area contributed by atoms with E-state index >= 15 is 0 Å². The fourth-order valence-corrected chi connectivity index (χ4v) is 3.29. The van der Waals surface area contributed by atoms with Crippen molar-refractivity contribution in [1.29, 1.82) is 0 Å². The quantitative estimate of drug-likeness (QED) is 0.668. The summed E-state index contributed by atoms with van der Waals surface area (Å²) in [5, 5.41) is 0. The number of piperidine rings is 1. The molecule has 0 aliphatic carbocycles. The number of nitrogen functional groups attached to an aromatic ring is 1. The molecule has 1 atom stereocenters. The summed E-state index contributed by atoms with van der Waals surface area (Å²) in [7, 11) is 0. The van der Waals surface area contributed by atoms with Crippen molar-refractivity contribution < 1.29 is 4.79 Å². The average Bonchev–Trinajstić information content (AvgIpc) is 2.52. The average molecular weight is 285 g/mol. The highest BCUT2D eigenvalue weighted by Crippen LogP contribution is 2.21. The van der Waals surface area contributed by atoms with Crippen LogP contribution in [-0.2, 0) is 4.79 Å². The molecule has 2 aliphatic heterocycles. The number of hydrogen-bond donors (Lipinski definition) is 1. The van der Waals surface area contributed by atoms with Gasteiger partial charge in [0.2, 0.25) is 5.91 Å². The molecule has 1 amide bonds. The molecule has 0 saturated carbocycles. The second-order valence-electron chi connectivity index (χ2n) is 5.97. The number of carbonyl (C=O) groups excluding carboxylic acids is 1. The van der Waals surface area contributed by atoms with Gasteiger partial charge in [0.25, 0.3) is 0 Å². The molecule has 0 spiro atoms. The third-order valence-corrected chi connectivity index (χ3v) is 4.48. The molecular weight excluding hydrogens is 262 g/mol. The Hall–Kier alpha value is -1.81. The maximum atomic E-state index is 12.3. The van der Waals surface area contributed by atoms with E-state index in [4.69, 9.17) is 5.73 Å². The maximum Gasteiger partial charge on any atom is 0.246 e. The van der Waals surface area contributed by atoms with E-state index in [1.165, 1.54) is 25.8 Å². The van der Waals surface area contributed by atoms with Crippen molar-refractivity contribution in [1.82, 2.24) is 9.80 Å². The van der Waals surface area contributed by atoms with Gasteiger partial charge in [-0.2, -0.15) is 0 Å². The van der Waals surface area contributed by atoms with E-state index in [9.17, 15) is 4.79 Å². The molecule has 1 aromatic carbocycles. The highest BCUT2D eigenvalue weighted by molar-refractivity contribution is 5.92. The first-order valence-corrected chi connectivity index (χ1v) is 7.79. The van der Waals surface area contributed by atoms with Crippen LogP contribution >= 0.6 is 0 Å². The Morgan fingerprint density at radius 2 is 2.14 bits per heavy atom. The molecule has 21 heavy (non-hydrogen) atoms. The third kappa shape index (κ3) is 3.45. The summed E-state index contributed by atoms with van der Waals surface area (Å²) in [6.07, 6.45) is 7.35. The highest BCUT2D eigenvalue weighted by atomic mass is 16.2. The van der Waals surface area contributed by atoms with Crippen LogP contribution in [0.3, 0.4) is 0 Å². The van der Waals surface area contributed by atoms with Crippen LogP contribution in [0.2, 0.25) is 0 Å². The number of anilines is 1. The number of rotatable bonds is 2. The molecule has 4 heteroatoms. The number of fused-ring (bicyclic) bond motifs is 1. The Morgan fingerprint density at radius 3 is 3.00 bits per heavy atom. The second kappa shape index (κ2) is 6.31. The van der Waals surface area contributed by atoms with E-state index < -0.39 is 0 Å². The van der Waals surface area contributed by atoms with Crippen LogP contribution in [-0.4, -0.2) is 47.9 Å². The van der Waals surface area contributed by atoms with Crippen molar-refractivity contribution in [2.45, 2.75) is 25.3 Å². The Morgan fingerprint density at radius 1 is 1.24 bits per heavy atom. The normalized spacial score (nSPS) is 23.2. The molecular formula is C17H23N3O. The lowest BCUT2D eigenvalue weighted by atomic mass is 9.99. The lowest BCUT2D eigenvalue weighted by molar-refractivity contribution is -0.129. The van der Waals surface area contributed by atoms with E-state index in [-0.39, 0.29) is 5.91 Å². The predicted octanol–water partition coefficient (Wildman–Crippen LogP) is 1.98. The zero-order valence-electron chi connectivity index (χ0n) is 12.4. The number of carbonyl (C=O) groups is 1. The van der Waals surface area contributed by atoms with Gasteiger partial charge in [-0.25, -0.2) is 0 Å². The SMILES string of the molecule is Nc1cccc(/C=C/C(=O)N2CCN3CCCCC3C2)c1. The molecule has 2 N–H and O–H groups in total. The predicted molar refractivity (Wildman–Crippen MR) is 85.7 cm³/mol. The van der Waals surface area contributed by atoms with E-state index in [2.05, 4.69) is 4.90 Å². The molecule has 1 aromatic rings. The van der Waals surface area contributed by atoms with Gasteiger partial charge < -0.3 is 10.6 Å². The summed E-state index contributed by atoms with van der Waals surface area (Å²) in [4.78, 5) is 16.8. The van der Waals surface area contributed by atoms with Crippen LogP contribution in [0.1, 0.15) is 24.8 Å². The molecule has 2 heterocycles. The van der Waals surface area contributed by atoms with Crippen molar-refractivity contribution in [2.24, 2.45) is 0 Å². The zero-order valence-corrected chi connectivity index (χ0v) is 12.4. The van der Waals surface area contributed by atoms with Gasteiger partial charge in [0.1, 0.15) is 0 Å². The van der Waals surface area contributed by atoms with E-state index in [0.29, 0.717) is 6.04 Å². The second-order valence-corrected chi connectivity index (χ2v) is 5.97. The minimum absolute atomic E-state index is 0.114. The molecule has 2 fully saturated rings. The van der Waals surface area contributed by atoms with Gasteiger partial charge in [-0.15, -0.1) is 0 Å². The third-order valence-electron chi connectivity index (χ3n) is 4.48. The van der Waals surface area contributed by atoms with E-state index in [0.717, 1.165) is 30.9 Å². The van der Waals surface area contributed by atoms with E-state index in [1.54, 1.807) is 6.08 Å². The standard InChI is InChI=1S/C17H23N3O/c18-15-5-3-4-14(12-15)7-8-17(21)20-11-10-19-9-2-1-6-16(19)13-20/h3-5,7-8,12,16H,1-2,6,9-11,13,18H2/b8-7+. The number of benzene rings is 1. The first-order chi connectivity index (χ1) is 10.2. The number of nitrogens with zero attached hydrogens (tertiary/aromatic N) is 2. The van der Waals surface area contributed by atoms with Gasteiger partial charge in [0.15, 0.2) is 0 Å². The lowest BCUT2D eigenvalue weighted by Gasteiger charge is -2.43. The van der Waals surface area contributed by atoms with Crippen molar-refractivity contribution in [3.05, 3.63) is 35.9 Å². The van der Waals surface area contributed by atoms with Gasteiger partial charge >= 0.3 is 0 Å². The van der Waals surface area contributed by atoms with Crippen LogP contribution in [0.15, 0.2) is 30.3 Å². The Labute approximate surface area is 126 Å². The number of amides is 1. The summed E-state index contributed by atoms with van der Waals surface area (Å²) in [6.45, 7) is 3.94. The molecule has 4 nitrogen and oxygen atoms in total. The fraction of sp³-hybridized carbons (Fsp3) is 0.471. The summed E-state index contributed by atoms with van der Waals surface area (Å²) in [5.41, 5.74) is 7.44. The number of nitrogens with two attached hydrogens (primary N) is 1. The monoisotopic (exact) mass is 285 g/mol. The van der Waals surface area contributed by atoms with Gasteiger partial charge in [0, 0.05) is 37.4 Å². The first kappa shape index (κ1) is 14.1. The minimum atomic E-state index is 0.114. The molecule has 0 bridgehead atoms. The summed E-state index contributed by atoms with van der Waals surface area (Å²) >= 11 is 0. The van der Waals surface area contributed by atoms with Crippen molar-refractivity contribution in [2.75, 3.05) is 31.9 Å². The molecule has 0 radical (unpaired) electrons. The van der Waals surface area contributed by atoms with Crippen LogP contribution in [0, 0.1) is 0 Å². The van der Waals surface area contributed by atoms with Crippen LogP contribution in [0.25, 0.3) is 6.08 Å². The Balaban J connectivity index is 1.60. The summed E-state index contributed by atoms with van der Waals surface area (Å²) < 4.78 is 0. The molecule has 3 rings (SSSR count). The van der Waals surface area contributed by atoms with Gasteiger partial charge in [0.05, 0.1) is 0 Å². The zero-order chi connectivity index (χ0) is 14.7. The summed E-state index contributed by atoms with van der Waals surface area (Å²) in [6, 6.07) is 8.15. The Bertz CT molecular complexity index is 541. The van der Waals surface area contributed by atoms with Crippen molar-refractivity contribution in [3.8, 4) is 0 Å². The maximum absolute atomic E-state index is 12.3. The molecule has 2 aliphatic rings. The number of piperazine rings is 1. The fourth-order valence-electron chi connectivity index (χ4n) is 3.29. The van der Waals surface area contributed by atoms with Crippen LogP contribution < -0.4 is 5.73 Å². The lowest BCUT2D eigenvalue weighted by Crippen LogP contribution is -2.55. The Kier molecular flexibility index (Phi) is 4.25. The number of hydrogen-bond acceptors (Lipinski definition) is 3. The van der Waals surface area contributed by atoms with Crippen molar-refractivity contribution >= 4 is 17.7 Å². The van der Waals surface area contributed by atoms with Gasteiger partial charge in [-0.1, -0.05) is 18.6 Å². The van der Waals surface area contributed by atoms with Crippen molar-refractivity contribution in [3.63, 3.8) is 0 Å². The molecule has 1 unspecified atom stereocenters. The molecule has 0 aromatic heterocycles. The van der Waals surface area contributed by atoms with Gasteiger partial charge in [-0.3, -0.25) is 9.69 Å². The van der Waals surface area contributed by atoms with Gasteiger partial charge in [-0.05, 0) is 43.2 Å². The first-order valence-electron chi connectivity index (χ1n) is 7.79. The minimum Gasteiger partial charge on any atom is -0.399 e. The topological polar surface area (TPSA) is 49.6 Å². The molecule has 112 valence electrons. The summed E-state index contributed by atoms with van der Waals surface area (Å²) in [5.74, 6) is 0.114. The van der Waals surface area contributed by atoms with E-state index in [1.807, 2.05) is 35.2 Å². The molecule has 2 saturated heterocycles. The highest BCUT2D eigenvalue weighted by Gasteiger charge is 2.30. The largest absolute Gasteiger partial charge is 0.399 e. The van der Waals surface area contributed by atoms with Crippen LogP contribution in [0.5, 0.6) is 0 Å². The van der Waals surface area contributed by atoms with Crippen LogP contribution in [0.4, 0.5) is 5.69 Å².